The average molecular weight is 523 g/mol. The van der Waals surface area contributed by atoms with Crippen LogP contribution in [0.2, 0.25) is 0 Å². The number of hydrazone groups is 1. The number of carbonyl (C=O) groups excluding carboxylic acids is 2. The van der Waals surface area contributed by atoms with Gasteiger partial charge >= 0.3 is 0 Å². The molecule has 1 aliphatic heterocycles. The number of benzene rings is 3. The Morgan fingerprint density at radius 2 is 1.82 bits per heavy atom. The highest BCUT2D eigenvalue weighted by Crippen LogP contribution is 2.38. The second kappa shape index (κ2) is 10.0. The van der Waals surface area contributed by atoms with Gasteiger partial charge in [-0.15, -0.1) is 0 Å². The lowest BCUT2D eigenvalue weighted by atomic mass is 10.1. The number of carbonyl (C=O) groups is 2. The molecule has 1 heterocycles. The zero-order valence-electron chi connectivity index (χ0n) is 18.4. The molecule has 0 N–H and O–H groups in total. The van der Waals surface area contributed by atoms with Gasteiger partial charge in [0.2, 0.25) is 0 Å². The van der Waals surface area contributed by atoms with Crippen LogP contribution in [0.5, 0.6) is 11.5 Å². The molecule has 0 aliphatic carbocycles. The van der Waals surface area contributed by atoms with Crippen molar-refractivity contribution in [3.8, 4) is 11.5 Å². The number of imide groups is 1. The highest BCUT2D eigenvalue weighted by molar-refractivity contribution is 9.10. The second-order valence-electron chi connectivity index (χ2n) is 7.48. The van der Waals surface area contributed by atoms with Crippen LogP contribution in [-0.2, 0) is 11.4 Å². The summed E-state index contributed by atoms with van der Waals surface area (Å²) >= 11 is 3.50. The first-order valence-corrected chi connectivity index (χ1v) is 11.1. The van der Waals surface area contributed by atoms with Crippen LogP contribution in [0.1, 0.15) is 28.4 Å². The van der Waals surface area contributed by atoms with E-state index in [0.29, 0.717) is 38.4 Å². The van der Waals surface area contributed by atoms with E-state index in [4.69, 9.17) is 9.47 Å². The summed E-state index contributed by atoms with van der Waals surface area (Å²) < 4.78 is 25.1. The summed E-state index contributed by atoms with van der Waals surface area (Å²) in [5.41, 5.74) is 2.57. The highest BCUT2D eigenvalue weighted by Gasteiger charge is 2.33. The van der Waals surface area contributed by atoms with E-state index >= 15 is 0 Å². The summed E-state index contributed by atoms with van der Waals surface area (Å²) in [5.74, 6) is -0.391. The molecule has 0 saturated carbocycles. The molecule has 0 saturated heterocycles. The van der Waals surface area contributed by atoms with Gasteiger partial charge in [0.1, 0.15) is 12.4 Å². The van der Waals surface area contributed by atoms with E-state index in [1.807, 2.05) is 0 Å². The van der Waals surface area contributed by atoms with Gasteiger partial charge in [0.25, 0.3) is 11.8 Å². The van der Waals surface area contributed by atoms with Crippen molar-refractivity contribution in [2.75, 3.05) is 7.11 Å². The molecule has 34 heavy (non-hydrogen) atoms. The third-order valence-corrected chi connectivity index (χ3v) is 5.72. The maximum atomic E-state index is 13.1. The Bertz CT molecular complexity index is 1300. The molecule has 3 aromatic carbocycles. The van der Waals surface area contributed by atoms with E-state index in [2.05, 4.69) is 21.0 Å². The van der Waals surface area contributed by atoms with Crippen LogP contribution < -0.4 is 9.47 Å². The van der Waals surface area contributed by atoms with Gasteiger partial charge in [-0.2, -0.15) is 10.1 Å². The maximum absolute atomic E-state index is 13.1. The first kappa shape index (κ1) is 23.4. The summed E-state index contributed by atoms with van der Waals surface area (Å²) in [4.78, 5) is 25.7. The monoisotopic (exact) mass is 522 g/mol. The molecule has 6 nitrogen and oxygen atoms in total. The van der Waals surface area contributed by atoms with Crippen molar-refractivity contribution < 1.29 is 23.5 Å². The molecule has 2 amide bonds. The lowest BCUT2D eigenvalue weighted by Crippen LogP contribution is -2.29. The molecular formula is C26H20BrFN2O4. The number of amides is 2. The number of halogens is 2. The largest absolute Gasteiger partial charge is 0.493 e. The van der Waals surface area contributed by atoms with Gasteiger partial charge in [0.15, 0.2) is 11.5 Å². The zero-order valence-corrected chi connectivity index (χ0v) is 20.0. The SMILES string of the molecule is COc1cc(/C=C2/C(=O)N(C(=O)c3ccccc3)N=C2C)cc(Br)c1OCc1ccc(F)cc1. The third kappa shape index (κ3) is 4.92. The van der Waals surface area contributed by atoms with E-state index in [1.165, 1.54) is 19.2 Å². The Balaban J connectivity index is 1.57. The van der Waals surface area contributed by atoms with Gasteiger partial charge in [0.05, 0.1) is 22.9 Å². The molecule has 1 aliphatic rings. The topological polar surface area (TPSA) is 68.2 Å². The summed E-state index contributed by atoms with van der Waals surface area (Å²) in [7, 11) is 1.51. The van der Waals surface area contributed by atoms with Crippen molar-refractivity contribution in [2.24, 2.45) is 5.10 Å². The molecule has 0 radical (unpaired) electrons. The normalized spacial score (nSPS) is 14.4. The van der Waals surface area contributed by atoms with Crippen LogP contribution >= 0.6 is 15.9 Å². The number of methoxy groups -OCH3 is 1. The van der Waals surface area contributed by atoms with Crippen molar-refractivity contribution >= 4 is 39.5 Å². The standard InChI is InChI=1S/C26H20BrFN2O4/c1-16-21(26(32)30(29-16)25(31)19-6-4-3-5-7-19)12-18-13-22(27)24(23(14-18)33-2)34-15-17-8-10-20(28)11-9-17/h3-14H,15H2,1-2H3/b21-12+. The van der Waals surface area contributed by atoms with Crippen molar-refractivity contribution in [2.45, 2.75) is 13.5 Å². The third-order valence-electron chi connectivity index (χ3n) is 5.13. The lowest BCUT2D eigenvalue weighted by molar-refractivity contribution is -0.123. The van der Waals surface area contributed by atoms with E-state index in [0.717, 1.165) is 10.6 Å². The number of rotatable bonds is 6. The minimum absolute atomic E-state index is 0.219. The van der Waals surface area contributed by atoms with Gasteiger partial charge in [0, 0.05) is 5.56 Å². The van der Waals surface area contributed by atoms with Gasteiger partial charge in [-0.1, -0.05) is 30.3 Å². The molecule has 3 aromatic rings. The molecule has 4 rings (SSSR count). The molecule has 0 spiro atoms. The van der Waals surface area contributed by atoms with Crippen LogP contribution in [-0.4, -0.2) is 29.6 Å². The molecule has 172 valence electrons. The van der Waals surface area contributed by atoms with E-state index in [1.54, 1.807) is 67.6 Å². The first-order chi connectivity index (χ1) is 16.4. The maximum Gasteiger partial charge on any atom is 0.283 e. The lowest BCUT2D eigenvalue weighted by Gasteiger charge is -2.14. The quantitative estimate of drug-likeness (QED) is 0.311. The first-order valence-electron chi connectivity index (χ1n) is 10.3. The Labute approximate surface area is 204 Å². The van der Waals surface area contributed by atoms with E-state index < -0.39 is 11.8 Å². The second-order valence-corrected chi connectivity index (χ2v) is 8.34. The molecule has 0 unspecified atom stereocenters. The molecule has 0 aromatic heterocycles. The Hall–Kier alpha value is -3.78. The number of hydrogen-bond donors (Lipinski definition) is 0. The highest BCUT2D eigenvalue weighted by atomic mass is 79.9. The fourth-order valence-electron chi connectivity index (χ4n) is 3.39. The van der Waals surface area contributed by atoms with Gasteiger partial charge in [-0.05, 0) is 76.5 Å². The Morgan fingerprint density at radius 3 is 2.50 bits per heavy atom. The van der Waals surface area contributed by atoms with Crippen LogP contribution in [0.3, 0.4) is 0 Å². The van der Waals surface area contributed by atoms with Crippen molar-refractivity contribution in [1.82, 2.24) is 5.01 Å². The molecule has 8 heteroatoms. The zero-order chi connectivity index (χ0) is 24.2. The van der Waals surface area contributed by atoms with Gasteiger partial charge < -0.3 is 9.47 Å². The molecule has 0 fully saturated rings. The Kier molecular flexibility index (Phi) is 6.88. The predicted octanol–water partition coefficient (Wildman–Crippen LogP) is 5.62. The molecule has 0 bridgehead atoms. The van der Waals surface area contributed by atoms with Crippen molar-refractivity contribution in [3.63, 3.8) is 0 Å². The fraction of sp³-hybridized carbons (Fsp3) is 0.115. The minimum atomic E-state index is -0.502. The van der Waals surface area contributed by atoms with Crippen molar-refractivity contribution in [1.29, 1.82) is 0 Å². The summed E-state index contributed by atoms with van der Waals surface area (Å²) in [6.07, 6.45) is 1.65. The summed E-state index contributed by atoms with van der Waals surface area (Å²) in [5, 5.41) is 5.04. The van der Waals surface area contributed by atoms with Crippen molar-refractivity contribution in [3.05, 3.63) is 99.3 Å². The summed E-state index contributed by atoms with van der Waals surface area (Å²) in [6, 6.07) is 18.0. The van der Waals surface area contributed by atoms with E-state index in [9.17, 15) is 14.0 Å². The Morgan fingerprint density at radius 1 is 1.12 bits per heavy atom. The summed E-state index contributed by atoms with van der Waals surface area (Å²) in [6.45, 7) is 1.89. The minimum Gasteiger partial charge on any atom is -0.493 e. The van der Waals surface area contributed by atoms with Crippen LogP contribution in [0.15, 0.2) is 81.9 Å². The number of hydrogen-bond acceptors (Lipinski definition) is 5. The molecular weight excluding hydrogens is 503 g/mol. The number of nitrogens with zero attached hydrogens (tertiary/aromatic N) is 2. The van der Waals surface area contributed by atoms with E-state index in [-0.39, 0.29) is 12.4 Å². The average Bonchev–Trinajstić information content (AvgIpc) is 3.12. The van der Waals surface area contributed by atoms with Gasteiger partial charge in [-0.3, -0.25) is 9.59 Å². The predicted molar refractivity (Wildman–Crippen MR) is 130 cm³/mol. The van der Waals surface area contributed by atoms with Gasteiger partial charge in [-0.25, -0.2) is 4.39 Å². The van der Waals surface area contributed by atoms with Crippen LogP contribution in [0.4, 0.5) is 4.39 Å². The molecule has 0 atom stereocenters. The van der Waals surface area contributed by atoms with Crippen LogP contribution in [0, 0.1) is 5.82 Å². The van der Waals surface area contributed by atoms with Crippen LogP contribution in [0.25, 0.3) is 6.08 Å². The fourth-order valence-corrected chi connectivity index (χ4v) is 3.97. The smallest absolute Gasteiger partial charge is 0.283 e. The number of ether oxygens (including phenoxy) is 2.